The van der Waals surface area contributed by atoms with Crippen LogP contribution >= 0.6 is 11.6 Å². The fourth-order valence-electron chi connectivity index (χ4n) is 4.27. The molecule has 0 radical (unpaired) electrons. The van der Waals surface area contributed by atoms with Gasteiger partial charge in [-0.25, -0.2) is 0 Å². The summed E-state index contributed by atoms with van der Waals surface area (Å²) in [6.45, 7) is 8.20. The standard InChI is InChI=1S/C29H34ClNO3/c1-4-5-16-32-27-25-18-24(31-19-22-12-9-13-23(30)17-22)14-15-26(25)34-29(2,3)28(27)33-20-21-10-7-6-8-11-21/h6-15,17-18,27-28,31H,4-5,16,19-20H2,1-3H3. The Bertz CT molecular complexity index is 1070. The number of anilines is 1. The van der Waals surface area contributed by atoms with Crippen molar-refractivity contribution in [3.05, 3.63) is 94.5 Å². The average Bonchev–Trinajstić information content (AvgIpc) is 2.82. The van der Waals surface area contributed by atoms with E-state index in [4.69, 9.17) is 25.8 Å². The van der Waals surface area contributed by atoms with Crippen molar-refractivity contribution >= 4 is 17.3 Å². The fourth-order valence-corrected chi connectivity index (χ4v) is 4.49. The van der Waals surface area contributed by atoms with Gasteiger partial charge in [0.05, 0.1) is 6.61 Å². The first kappa shape index (κ1) is 24.6. The first-order valence-corrected chi connectivity index (χ1v) is 12.4. The van der Waals surface area contributed by atoms with E-state index in [0.717, 1.165) is 46.0 Å². The second kappa shape index (κ2) is 11.3. The van der Waals surface area contributed by atoms with Gasteiger partial charge in [0.1, 0.15) is 23.6 Å². The molecule has 1 aliphatic heterocycles. The molecule has 0 spiro atoms. The summed E-state index contributed by atoms with van der Waals surface area (Å²) in [4.78, 5) is 0. The number of unbranched alkanes of at least 4 members (excludes halogenated alkanes) is 1. The summed E-state index contributed by atoms with van der Waals surface area (Å²) in [5.74, 6) is 0.847. The zero-order chi connectivity index (χ0) is 24.0. The van der Waals surface area contributed by atoms with Crippen LogP contribution in [0.15, 0.2) is 72.8 Å². The molecule has 1 heterocycles. The molecule has 3 aromatic carbocycles. The molecule has 180 valence electrons. The molecule has 1 N–H and O–H groups in total. The van der Waals surface area contributed by atoms with Gasteiger partial charge in [0.15, 0.2) is 0 Å². The molecule has 1 aliphatic rings. The molecule has 0 aromatic heterocycles. The predicted molar refractivity (Wildman–Crippen MR) is 139 cm³/mol. The molecule has 3 aromatic rings. The zero-order valence-electron chi connectivity index (χ0n) is 20.2. The van der Waals surface area contributed by atoms with Gasteiger partial charge in [-0.2, -0.15) is 0 Å². The second-order valence-electron chi connectivity index (χ2n) is 9.30. The van der Waals surface area contributed by atoms with E-state index in [0.29, 0.717) is 19.8 Å². The third-order valence-corrected chi connectivity index (χ3v) is 6.34. The maximum absolute atomic E-state index is 6.48. The van der Waals surface area contributed by atoms with Crippen LogP contribution in [0.2, 0.25) is 5.02 Å². The highest BCUT2D eigenvalue weighted by Gasteiger charge is 2.45. The number of nitrogens with one attached hydrogen (secondary N) is 1. The number of ether oxygens (including phenoxy) is 3. The van der Waals surface area contributed by atoms with Crippen molar-refractivity contribution in [2.45, 2.75) is 64.6 Å². The van der Waals surface area contributed by atoms with Gasteiger partial charge in [0.25, 0.3) is 0 Å². The smallest absolute Gasteiger partial charge is 0.132 e. The van der Waals surface area contributed by atoms with Crippen LogP contribution in [0.25, 0.3) is 0 Å². The summed E-state index contributed by atoms with van der Waals surface area (Å²) in [5.41, 5.74) is 3.75. The quantitative estimate of drug-likeness (QED) is 0.304. The summed E-state index contributed by atoms with van der Waals surface area (Å²) >= 11 is 6.14. The second-order valence-corrected chi connectivity index (χ2v) is 9.74. The normalized spacial score (nSPS) is 18.7. The Kier molecular flexibility index (Phi) is 8.15. The maximum atomic E-state index is 6.48. The highest BCUT2D eigenvalue weighted by Crippen LogP contribution is 2.44. The van der Waals surface area contributed by atoms with Crippen LogP contribution in [-0.4, -0.2) is 18.3 Å². The van der Waals surface area contributed by atoms with Crippen molar-refractivity contribution in [3.8, 4) is 5.75 Å². The van der Waals surface area contributed by atoms with Gasteiger partial charge < -0.3 is 19.5 Å². The molecule has 4 nitrogen and oxygen atoms in total. The number of hydrogen-bond acceptors (Lipinski definition) is 4. The van der Waals surface area contributed by atoms with E-state index < -0.39 is 5.60 Å². The predicted octanol–water partition coefficient (Wildman–Crippen LogP) is 7.57. The van der Waals surface area contributed by atoms with Crippen molar-refractivity contribution in [2.75, 3.05) is 11.9 Å². The average molecular weight is 480 g/mol. The van der Waals surface area contributed by atoms with E-state index in [1.807, 2.05) is 48.5 Å². The Labute approximate surface area is 208 Å². The van der Waals surface area contributed by atoms with Gasteiger partial charge in [-0.15, -0.1) is 0 Å². The lowest BCUT2D eigenvalue weighted by Gasteiger charge is -2.44. The third kappa shape index (κ3) is 6.12. The number of halogens is 1. The van der Waals surface area contributed by atoms with E-state index in [2.05, 4.69) is 50.4 Å². The molecule has 0 aliphatic carbocycles. The SMILES string of the molecule is CCCCOC1c2cc(NCc3cccc(Cl)c3)ccc2OC(C)(C)C1OCc1ccccc1. The van der Waals surface area contributed by atoms with Gasteiger partial charge in [0, 0.05) is 29.4 Å². The Morgan fingerprint density at radius 1 is 0.941 bits per heavy atom. The molecule has 5 heteroatoms. The largest absolute Gasteiger partial charge is 0.485 e. The summed E-state index contributed by atoms with van der Waals surface area (Å²) in [6, 6.07) is 24.3. The Hall–Kier alpha value is -2.53. The van der Waals surface area contributed by atoms with Crippen LogP contribution < -0.4 is 10.1 Å². The molecule has 34 heavy (non-hydrogen) atoms. The lowest BCUT2D eigenvalue weighted by Crippen LogP contribution is -2.51. The Balaban J connectivity index is 1.57. The summed E-state index contributed by atoms with van der Waals surface area (Å²) in [7, 11) is 0. The molecule has 0 saturated carbocycles. The van der Waals surface area contributed by atoms with E-state index in [9.17, 15) is 0 Å². The maximum Gasteiger partial charge on any atom is 0.132 e. The van der Waals surface area contributed by atoms with Crippen LogP contribution in [0.1, 0.15) is 56.4 Å². The highest BCUT2D eigenvalue weighted by atomic mass is 35.5. The van der Waals surface area contributed by atoms with Crippen molar-refractivity contribution in [3.63, 3.8) is 0 Å². The van der Waals surface area contributed by atoms with Gasteiger partial charge in [-0.05, 0) is 61.7 Å². The molecule has 0 saturated heterocycles. The van der Waals surface area contributed by atoms with Gasteiger partial charge in [-0.3, -0.25) is 0 Å². The number of hydrogen-bond donors (Lipinski definition) is 1. The molecule has 0 fully saturated rings. The zero-order valence-corrected chi connectivity index (χ0v) is 21.0. The van der Waals surface area contributed by atoms with Crippen molar-refractivity contribution in [1.82, 2.24) is 0 Å². The van der Waals surface area contributed by atoms with Gasteiger partial charge >= 0.3 is 0 Å². The lowest BCUT2D eigenvalue weighted by molar-refractivity contribution is -0.167. The van der Waals surface area contributed by atoms with Crippen LogP contribution in [0.5, 0.6) is 5.75 Å². The van der Waals surface area contributed by atoms with E-state index in [1.165, 1.54) is 0 Å². The fraction of sp³-hybridized carbons (Fsp3) is 0.379. The van der Waals surface area contributed by atoms with E-state index >= 15 is 0 Å². The van der Waals surface area contributed by atoms with Crippen molar-refractivity contribution < 1.29 is 14.2 Å². The van der Waals surface area contributed by atoms with Crippen LogP contribution in [0.4, 0.5) is 5.69 Å². The van der Waals surface area contributed by atoms with Crippen molar-refractivity contribution in [2.24, 2.45) is 0 Å². The molecule has 2 atom stereocenters. The van der Waals surface area contributed by atoms with E-state index in [1.54, 1.807) is 0 Å². The first-order chi connectivity index (χ1) is 16.5. The minimum absolute atomic E-state index is 0.220. The molecule has 2 unspecified atom stereocenters. The Morgan fingerprint density at radius 3 is 2.50 bits per heavy atom. The summed E-state index contributed by atoms with van der Waals surface area (Å²) in [5, 5.41) is 4.25. The summed E-state index contributed by atoms with van der Waals surface area (Å²) in [6.07, 6.45) is 1.61. The van der Waals surface area contributed by atoms with Crippen molar-refractivity contribution in [1.29, 1.82) is 0 Å². The third-order valence-electron chi connectivity index (χ3n) is 6.10. The number of rotatable bonds is 10. The van der Waals surface area contributed by atoms with Crippen LogP contribution in [-0.2, 0) is 22.6 Å². The van der Waals surface area contributed by atoms with Crippen LogP contribution in [0, 0.1) is 0 Å². The molecular formula is C29H34ClNO3. The lowest BCUT2D eigenvalue weighted by atomic mass is 9.87. The minimum Gasteiger partial charge on any atom is -0.485 e. The minimum atomic E-state index is -0.533. The number of benzene rings is 3. The molecule has 0 bridgehead atoms. The molecular weight excluding hydrogens is 446 g/mol. The van der Waals surface area contributed by atoms with Gasteiger partial charge in [0.2, 0.25) is 0 Å². The topological polar surface area (TPSA) is 39.7 Å². The van der Waals surface area contributed by atoms with E-state index in [-0.39, 0.29) is 12.2 Å². The molecule has 0 amide bonds. The van der Waals surface area contributed by atoms with Crippen LogP contribution in [0.3, 0.4) is 0 Å². The molecule has 4 rings (SSSR count). The Morgan fingerprint density at radius 2 is 1.74 bits per heavy atom. The summed E-state index contributed by atoms with van der Waals surface area (Å²) < 4.78 is 19.4. The highest BCUT2D eigenvalue weighted by molar-refractivity contribution is 6.30. The number of fused-ring (bicyclic) bond motifs is 1. The van der Waals surface area contributed by atoms with Gasteiger partial charge in [-0.1, -0.05) is 67.4 Å². The first-order valence-electron chi connectivity index (χ1n) is 12.0. The monoisotopic (exact) mass is 479 g/mol.